The third-order valence-corrected chi connectivity index (χ3v) is 4.73. The standard InChI is InChI=1S/C15H23NS/c1-4-5-12-6-8-13(9-7-12)14-10-17-11-15(2,3)16-14/h6-9,14,16H,4-5,10-11H2,1-3H3. The Labute approximate surface area is 109 Å². The van der Waals surface area contributed by atoms with Gasteiger partial charge in [-0.25, -0.2) is 0 Å². The van der Waals surface area contributed by atoms with E-state index in [9.17, 15) is 0 Å². The van der Waals surface area contributed by atoms with Crippen LogP contribution in [0.15, 0.2) is 24.3 Å². The molecule has 1 aliphatic rings. The molecule has 17 heavy (non-hydrogen) atoms. The molecule has 0 radical (unpaired) electrons. The van der Waals surface area contributed by atoms with Gasteiger partial charge in [-0.15, -0.1) is 0 Å². The van der Waals surface area contributed by atoms with Crippen LogP contribution in [0.5, 0.6) is 0 Å². The number of benzene rings is 1. The number of hydrogen-bond donors (Lipinski definition) is 1. The molecule has 0 bridgehead atoms. The van der Waals surface area contributed by atoms with Crippen LogP contribution in [0.2, 0.25) is 0 Å². The van der Waals surface area contributed by atoms with Crippen LogP contribution in [0.4, 0.5) is 0 Å². The molecule has 1 atom stereocenters. The lowest BCUT2D eigenvalue weighted by Crippen LogP contribution is -2.48. The maximum absolute atomic E-state index is 3.74. The molecule has 0 amide bonds. The van der Waals surface area contributed by atoms with E-state index < -0.39 is 0 Å². The fraction of sp³-hybridized carbons (Fsp3) is 0.600. The van der Waals surface area contributed by atoms with E-state index in [1.54, 1.807) is 0 Å². The molecule has 2 heteroatoms. The molecule has 1 aliphatic heterocycles. The Hall–Kier alpha value is -0.470. The van der Waals surface area contributed by atoms with Crippen molar-refractivity contribution in [3.8, 4) is 0 Å². The first-order chi connectivity index (χ1) is 8.11. The third kappa shape index (κ3) is 3.49. The van der Waals surface area contributed by atoms with Crippen molar-refractivity contribution in [3.05, 3.63) is 35.4 Å². The molecule has 1 aromatic rings. The highest BCUT2D eigenvalue weighted by atomic mass is 32.2. The van der Waals surface area contributed by atoms with E-state index in [4.69, 9.17) is 0 Å². The number of thioether (sulfide) groups is 1. The Morgan fingerprint density at radius 2 is 2.00 bits per heavy atom. The van der Waals surface area contributed by atoms with Crippen molar-refractivity contribution in [2.75, 3.05) is 11.5 Å². The SMILES string of the molecule is CCCc1ccc(C2CSCC(C)(C)N2)cc1. The van der Waals surface area contributed by atoms with Gasteiger partial charge in [-0.1, -0.05) is 37.6 Å². The van der Waals surface area contributed by atoms with Gasteiger partial charge in [0.2, 0.25) is 0 Å². The Morgan fingerprint density at radius 3 is 2.59 bits per heavy atom. The average Bonchev–Trinajstić information content (AvgIpc) is 2.29. The number of nitrogens with one attached hydrogen (secondary N) is 1. The molecule has 0 saturated carbocycles. The van der Waals surface area contributed by atoms with E-state index >= 15 is 0 Å². The average molecular weight is 249 g/mol. The summed E-state index contributed by atoms with van der Waals surface area (Å²) in [6.45, 7) is 6.81. The van der Waals surface area contributed by atoms with Crippen LogP contribution in [-0.2, 0) is 6.42 Å². The lowest BCUT2D eigenvalue weighted by atomic mass is 10.00. The minimum absolute atomic E-state index is 0.260. The highest BCUT2D eigenvalue weighted by Gasteiger charge is 2.27. The fourth-order valence-electron chi connectivity index (χ4n) is 2.37. The molecule has 1 N–H and O–H groups in total. The normalized spacial score (nSPS) is 23.6. The minimum atomic E-state index is 0.260. The lowest BCUT2D eigenvalue weighted by Gasteiger charge is -2.37. The van der Waals surface area contributed by atoms with Crippen molar-refractivity contribution < 1.29 is 0 Å². The Bertz CT molecular complexity index is 356. The van der Waals surface area contributed by atoms with Crippen LogP contribution in [0, 0.1) is 0 Å². The van der Waals surface area contributed by atoms with Crippen LogP contribution in [0.1, 0.15) is 44.4 Å². The molecule has 2 rings (SSSR count). The number of aryl methyl sites for hydroxylation is 1. The molecule has 1 unspecified atom stereocenters. The van der Waals surface area contributed by atoms with E-state index in [-0.39, 0.29) is 5.54 Å². The second-order valence-corrected chi connectivity index (χ2v) is 6.62. The first-order valence-electron chi connectivity index (χ1n) is 6.55. The van der Waals surface area contributed by atoms with Gasteiger partial charge < -0.3 is 5.32 Å². The summed E-state index contributed by atoms with van der Waals surface area (Å²) in [7, 11) is 0. The number of hydrogen-bond acceptors (Lipinski definition) is 2. The molecule has 1 heterocycles. The van der Waals surface area contributed by atoms with Gasteiger partial charge in [-0.3, -0.25) is 0 Å². The Kier molecular flexibility index (Phi) is 4.16. The summed E-state index contributed by atoms with van der Waals surface area (Å²) in [6.07, 6.45) is 2.42. The molecule has 94 valence electrons. The maximum Gasteiger partial charge on any atom is 0.0416 e. The van der Waals surface area contributed by atoms with E-state index in [0.717, 1.165) is 0 Å². The summed E-state index contributed by atoms with van der Waals surface area (Å²) in [5.74, 6) is 2.40. The molecule has 1 nitrogen and oxygen atoms in total. The van der Waals surface area contributed by atoms with E-state index in [0.29, 0.717) is 6.04 Å². The first kappa shape index (κ1) is 13.0. The van der Waals surface area contributed by atoms with Gasteiger partial charge in [0.25, 0.3) is 0 Å². The van der Waals surface area contributed by atoms with Crippen molar-refractivity contribution >= 4 is 11.8 Å². The van der Waals surface area contributed by atoms with E-state index in [2.05, 4.69) is 62.1 Å². The molecule has 0 aliphatic carbocycles. The quantitative estimate of drug-likeness (QED) is 0.874. The molecule has 1 saturated heterocycles. The molecule has 1 fully saturated rings. The molecule has 1 aromatic carbocycles. The smallest absolute Gasteiger partial charge is 0.0416 e. The molecule has 0 spiro atoms. The van der Waals surface area contributed by atoms with E-state index in [1.165, 1.54) is 35.5 Å². The lowest BCUT2D eigenvalue weighted by molar-refractivity contribution is 0.376. The monoisotopic (exact) mass is 249 g/mol. The van der Waals surface area contributed by atoms with Crippen LogP contribution in [-0.4, -0.2) is 17.0 Å². The Morgan fingerprint density at radius 1 is 1.29 bits per heavy atom. The first-order valence-corrected chi connectivity index (χ1v) is 7.70. The minimum Gasteiger partial charge on any atom is -0.303 e. The molecule has 0 aromatic heterocycles. The van der Waals surface area contributed by atoms with Crippen LogP contribution < -0.4 is 5.32 Å². The zero-order valence-electron chi connectivity index (χ0n) is 11.1. The predicted octanol–water partition coefficient (Wildman–Crippen LogP) is 3.80. The van der Waals surface area contributed by atoms with Gasteiger partial charge in [-0.05, 0) is 31.4 Å². The fourth-order valence-corrected chi connectivity index (χ4v) is 3.59. The molecular formula is C15H23NS. The zero-order valence-corrected chi connectivity index (χ0v) is 11.9. The van der Waals surface area contributed by atoms with Crippen LogP contribution in [0.25, 0.3) is 0 Å². The summed E-state index contributed by atoms with van der Waals surface area (Å²) >= 11 is 2.06. The predicted molar refractivity (Wildman–Crippen MR) is 77.7 cm³/mol. The van der Waals surface area contributed by atoms with Gasteiger partial charge in [0.15, 0.2) is 0 Å². The van der Waals surface area contributed by atoms with Gasteiger partial charge in [-0.2, -0.15) is 11.8 Å². The van der Waals surface area contributed by atoms with Gasteiger partial charge in [0, 0.05) is 23.1 Å². The summed E-state index contributed by atoms with van der Waals surface area (Å²) in [4.78, 5) is 0. The van der Waals surface area contributed by atoms with Crippen LogP contribution >= 0.6 is 11.8 Å². The summed E-state index contributed by atoms with van der Waals surface area (Å²) in [5.41, 5.74) is 3.15. The molecular weight excluding hydrogens is 226 g/mol. The highest BCUT2D eigenvalue weighted by Crippen LogP contribution is 2.29. The second kappa shape index (κ2) is 5.45. The summed E-state index contributed by atoms with van der Waals surface area (Å²) in [5, 5.41) is 3.74. The third-order valence-electron chi connectivity index (χ3n) is 3.23. The van der Waals surface area contributed by atoms with Gasteiger partial charge in [0.05, 0.1) is 0 Å². The van der Waals surface area contributed by atoms with Gasteiger partial charge >= 0.3 is 0 Å². The van der Waals surface area contributed by atoms with Crippen molar-refractivity contribution in [2.45, 2.75) is 45.2 Å². The largest absolute Gasteiger partial charge is 0.303 e. The van der Waals surface area contributed by atoms with Crippen LogP contribution in [0.3, 0.4) is 0 Å². The van der Waals surface area contributed by atoms with Crippen molar-refractivity contribution in [3.63, 3.8) is 0 Å². The van der Waals surface area contributed by atoms with Crippen molar-refractivity contribution in [1.29, 1.82) is 0 Å². The van der Waals surface area contributed by atoms with E-state index in [1.807, 2.05) is 0 Å². The van der Waals surface area contributed by atoms with Crippen molar-refractivity contribution in [2.24, 2.45) is 0 Å². The highest BCUT2D eigenvalue weighted by molar-refractivity contribution is 7.99. The topological polar surface area (TPSA) is 12.0 Å². The number of rotatable bonds is 3. The van der Waals surface area contributed by atoms with Crippen molar-refractivity contribution in [1.82, 2.24) is 5.32 Å². The summed E-state index contributed by atoms with van der Waals surface area (Å²) < 4.78 is 0. The maximum atomic E-state index is 3.74. The Balaban J connectivity index is 2.06. The van der Waals surface area contributed by atoms with Gasteiger partial charge in [0.1, 0.15) is 0 Å². The zero-order chi connectivity index (χ0) is 12.3. The second-order valence-electron chi connectivity index (χ2n) is 5.59. The summed E-state index contributed by atoms with van der Waals surface area (Å²) in [6, 6.07) is 9.67.